The highest BCUT2D eigenvalue weighted by molar-refractivity contribution is 5.28. The zero-order valence-corrected chi connectivity index (χ0v) is 41.5. The maximum Gasteiger partial charge on any atom is 0.186 e. The minimum Gasteiger partial charge on any atom is -0.497 e. The number of fused-ring (bicyclic) bond motifs is 5. The normalized spacial score (nSPS) is 34.5. The van der Waals surface area contributed by atoms with E-state index in [1.165, 1.54) is 57.8 Å². The Bertz CT molecular complexity index is 1940. The monoisotopic (exact) mass is 911 g/mol. The summed E-state index contributed by atoms with van der Waals surface area (Å²) in [6, 6.07) is 23.6. The van der Waals surface area contributed by atoms with Gasteiger partial charge in [-0.1, -0.05) is 90.3 Å². The van der Waals surface area contributed by atoms with Crippen LogP contribution in [0.15, 0.2) is 72.8 Å². The molecule has 0 radical (unpaired) electrons. The minimum absolute atomic E-state index is 0.0180. The molecular formula is C57H82O9. The van der Waals surface area contributed by atoms with Crippen LogP contribution in [0, 0.1) is 52.3 Å². The molecule has 0 spiro atoms. The van der Waals surface area contributed by atoms with Gasteiger partial charge in [0.2, 0.25) is 0 Å². The lowest BCUT2D eigenvalue weighted by atomic mass is 9.44. The number of aliphatic hydroxyl groups is 1. The van der Waals surface area contributed by atoms with Crippen molar-refractivity contribution < 1.29 is 43.0 Å². The molecule has 4 saturated carbocycles. The van der Waals surface area contributed by atoms with Gasteiger partial charge < -0.3 is 43.0 Å². The predicted octanol–water partition coefficient (Wildman–Crippen LogP) is 12.0. The van der Waals surface area contributed by atoms with Crippen LogP contribution in [0.4, 0.5) is 0 Å². The largest absolute Gasteiger partial charge is 0.497 e. The summed E-state index contributed by atoms with van der Waals surface area (Å²) in [5.74, 6) is 7.94. The average molecular weight is 911 g/mol. The van der Waals surface area contributed by atoms with E-state index in [0.29, 0.717) is 23.4 Å². The van der Waals surface area contributed by atoms with Crippen molar-refractivity contribution in [1.29, 1.82) is 0 Å². The molecule has 8 rings (SSSR count). The van der Waals surface area contributed by atoms with Gasteiger partial charge in [0.15, 0.2) is 6.29 Å². The van der Waals surface area contributed by atoms with Crippen LogP contribution in [-0.4, -0.2) is 69.9 Å². The Balaban J connectivity index is 0.969. The van der Waals surface area contributed by atoms with Gasteiger partial charge in [-0.15, -0.1) is 0 Å². The lowest BCUT2D eigenvalue weighted by molar-refractivity contribution is -0.331. The Morgan fingerprint density at radius 3 is 1.79 bits per heavy atom. The molecule has 1 heterocycles. The molecule has 1 N–H and O–H groups in total. The third-order valence-electron chi connectivity index (χ3n) is 17.7. The highest BCUT2D eigenvalue weighted by Gasteiger charge is 2.61. The molecule has 0 aromatic heterocycles. The second-order valence-electron chi connectivity index (χ2n) is 21.9. The Kier molecular flexibility index (Phi) is 16.5. The number of hydrogen-bond acceptors (Lipinski definition) is 9. The van der Waals surface area contributed by atoms with Crippen LogP contribution >= 0.6 is 0 Å². The smallest absolute Gasteiger partial charge is 0.186 e. The van der Waals surface area contributed by atoms with Crippen LogP contribution in [0.5, 0.6) is 17.2 Å². The molecule has 0 bridgehead atoms. The van der Waals surface area contributed by atoms with Gasteiger partial charge in [-0.25, -0.2) is 0 Å². The van der Waals surface area contributed by atoms with E-state index in [2.05, 4.69) is 34.6 Å². The molecule has 3 aromatic carbocycles. The number of benzene rings is 3. The first-order valence-electron chi connectivity index (χ1n) is 25.6. The zero-order chi connectivity index (χ0) is 46.4. The zero-order valence-electron chi connectivity index (χ0n) is 41.5. The summed E-state index contributed by atoms with van der Waals surface area (Å²) in [6.45, 7) is 13.8. The Morgan fingerprint density at radius 1 is 0.636 bits per heavy atom. The van der Waals surface area contributed by atoms with Crippen molar-refractivity contribution in [3.63, 3.8) is 0 Å². The van der Waals surface area contributed by atoms with E-state index >= 15 is 0 Å². The van der Waals surface area contributed by atoms with Crippen molar-refractivity contribution >= 4 is 0 Å². The van der Waals surface area contributed by atoms with Crippen LogP contribution in [0.1, 0.15) is 128 Å². The molecule has 1 saturated heterocycles. The SMILES string of the molecule is COc1ccc(COC[C@H]2O[C@@H](O[C@H]3CC[C@@]4(C)[C@@H](CC[C@@H]5[C@@H]4CC[C@]4(C)[C@@H]([C@H](C)CCCC(C)C)CC[C@@H]54)C3)[C@H](O)[C@@H](OCc3ccc(OC)cc3)[C@@H]2OCc2ccc(OC)cc2)cc1. The van der Waals surface area contributed by atoms with Gasteiger partial charge in [0.25, 0.3) is 0 Å². The Labute approximate surface area is 396 Å². The lowest BCUT2D eigenvalue weighted by Crippen LogP contribution is -2.62. The van der Waals surface area contributed by atoms with Crippen molar-refractivity contribution in [3.8, 4) is 17.2 Å². The maximum atomic E-state index is 12.4. The molecular weight excluding hydrogens is 829 g/mol. The molecule has 0 amide bonds. The topological polar surface area (TPSA) is 94.1 Å². The van der Waals surface area contributed by atoms with E-state index < -0.39 is 30.7 Å². The Hall–Kier alpha value is -3.18. The number of methoxy groups -OCH3 is 3. The molecule has 5 aliphatic rings. The van der Waals surface area contributed by atoms with Gasteiger partial charge in [-0.05, 0) is 163 Å². The third kappa shape index (κ3) is 11.0. The fourth-order valence-corrected chi connectivity index (χ4v) is 13.9. The highest BCUT2D eigenvalue weighted by Crippen LogP contribution is 2.68. The van der Waals surface area contributed by atoms with Gasteiger partial charge in [0.05, 0.1) is 53.9 Å². The second-order valence-corrected chi connectivity index (χ2v) is 21.9. The molecule has 4 aliphatic carbocycles. The van der Waals surface area contributed by atoms with Crippen molar-refractivity contribution in [2.45, 2.75) is 168 Å². The van der Waals surface area contributed by atoms with Gasteiger partial charge in [-0.3, -0.25) is 0 Å². The van der Waals surface area contributed by atoms with Crippen LogP contribution in [0.3, 0.4) is 0 Å². The third-order valence-corrected chi connectivity index (χ3v) is 17.7. The summed E-state index contributed by atoms with van der Waals surface area (Å²) in [6.07, 6.45) is 11.5. The molecule has 1 aliphatic heterocycles. The van der Waals surface area contributed by atoms with Crippen molar-refractivity contribution in [3.05, 3.63) is 89.5 Å². The van der Waals surface area contributed by atoms with E-state index in [0.717, 1.165) is 88.7 Å². The fraction of sp³-hybridized carbons (Fsp3) is 0.684. The number of hydrogen-bond donors (Lipinski definition) is 1. The molecule has 66 heavy (non-hydrogen) atoms. The predicted molar refractivity (Wildman–Crippen MR) is 258 cm³/mol. The van der Waals surface area contributed by atoms with Gasteiger partial charge >= 0.3 is 0 Å². The maximum absolute atomic E-state index is 12.4. The molecule has 5 fully saturated rings. The van der Waals surface area contributed by atoms with E-state index in [-0.39, 0.29) is 25.9 Å². The molecule has 364 valence electrons. The molecule has 14 atom stereocenters. The molecule has 0 unspecified atom stereocenters. The highest BCUT2D eigenvalue weighted by atomic mass is 16.7. The summed E-state index contributed by atoms with van der Waals surface area (Å²) in [5.41, 5.74) is 3.76. The summed E-state index contributed by atoms with van der Waals surface area (Å²) in [4.78, 5) is 0. The summed E-state index contributed by atoms with van der Waals surface area (Å²) in [7, 11) is 4.99. The van der Waals surface area contributed by atoms with E-state index in [1.54, 1.807) is 21.3 Å². The van der Waals surface area contributed by atoms with Crippen LogP contribution < -0.4 is 14.2 Å². The van der Waals surface area contributed by atoms with Crippen molar-refractivity contribution in [2.24, 2.45) is 52.3 Å². The first kappa shape index (κ1) is 49.2. The average Bonchev–Trinajstić information content (AvgIpc) is 3.69. The van der Waals surface area contributed by atoms with E-state index in [4.69, 9.17) is 37.9 Å². The quantitative estimate of drug-likeness (QED) is 0.111. The number of aliphatic hydroxyl groups excluding tert-OH is 1. The van der Waals surface area contributed by atoms with E-state index in [9.17, 15) is 5.11 Å². The fourth-order valence-electron chi connectivity index (χ4n) is 13.9. The van der Waals surface area contributed by atoms with Crippen LogP contribution in [-0.2, 0) is 43.5 Å². The molecule has 9 nitrogen and oxygen atoms in total. The van der Waals surface area contributed by atoms with Crippen molar-refractivity contribution in [1.82, 2.24) is 0 Å². The first-order chi connectivity index (χ1) is 31.9. The summed E-state index contributed by atoms with van der Waals surface area (Å²) < 4.78 is 49.9. The second kappa shape index (κ2) is 22.1. The number of rotatable bonds is 20. The van der Waals surface area contributed by atoms with Crippen molar-refractivity contribution in [2.75, 3.05) is 27.9 Å². The standard InChI is InChI=1S/C57H82O9/c1-37(2)10-9-11-38(3)48-26-27-49-47-25-18-42-32-46(28-30-56(42,4)50(47)29-31-57(48,49)5)65-55-52(58)54(64-35-41-16-23-45(61-8)24-17-41)53(63-34-40-14-21-44(60-7)22-15-40)51(66-55)36-62-33-39-12-19-43(59-6)20-13-39/h12-17,19-24,37-38,42,46-55,58H,9-11,18,25-36H2,1-8H3/t38-,42+,46+,47+,48-,49+,50+,51-,52-,53-,54-,55-,56+,57-/m1/s1. The van der Waals surface area contributed by atoms with Crippen LogP contribution in [0.2, 0.25) is 0 Å². The Morgan fingerprint density at radius 2 is 1.20 bits per heavy atom. The first-order valence-corrected chi connectivity index (χ1v) is 25.6. The molecule has 3 aromatic rings. The summed E-state index contributed by atoms with van der Waals surface area (Å²) >= 11 is 0. The molecule has 9 heteroatoms. The van der Waals surface area contributed by atoms with Gasteiger partial charge in [0.1, 0.15) is 41.7 Å². The van der Waals surface area contributed by atoms with Gasteiger partial charge in [0, 0.05) is 0 Å². The minimum atomic E-state index is -1.09. The lowest BCUT2D eigenvalue weighted by Gasteiger charge is -2.61. The number of ether oxygens (including phenoxy) is 8. The van der Waals surface area contributed by atoms with E-state index in [1.807, 2.05) is 72.8 Å². The summed E-state index contributed by atoms with van der Waals surface area (Å²) in [5, 5.41) is 12.4. The van der Waals surface area contributed by atoms with Crippen LogP contribution in [0.25, 0.3) is 0 Å². The van der Waals surface area contributed by atoms with Gasteiger partial charge in [-0.2, -0.15) is 0 Å².